The Labute approximate surface area is 158 Å². The van der Waals surface area contributed by atoms with Crippen molar-refractivity contribution in [2.75, 3.05) is 25.1 Å². The molecule has 2 N–H and O–H groups in total. The smallest absolute Gasteiger partial charge is 0.325 e. The van der Waals surface area contributed by atoms with Crippen molar-refractivity contribution in [3.8, 4) is 5.75 Å². The number of nitrogens with one attached hydrogen (secondary N) is 2. The van der Waals surface area contributed by atoms with Crippen LogP contribution in [0.4, 0.5) is 5.69 Å². The van der Waals surface area contributed by atoms with Gasteiger partial charge in [-0.3, -0.25) is 14.4 Å². The first kappa shape index (κ1) is 19.5. The molecule has 0 fully saturated rings. The molecule has 2 aromatic carbocycles. The molecule has 0 saturated carbocycles. The second kappa shape index (κ2) is 10.2. The predicted octanol–water partition coefficient (Wildman–Crippen LogP) is 2.13. The van der Waals surface area contributed by atoms with Crippen LogP contribution in [-0.4, -0.2) is 37.5 Å². The summed E-state index contributed by atoms with van der Waals surface area (Å²) >= 11 is 3.29. The molecule has 136 valence electrons. The summed E-state index contributed by atoms with van der Waals surface area (Å²) < 4.78 is 10.9. The Morgan fingerprint density at radius 2 is 1.58 bits per heavy atom. The number of carbonyl (C=O) groups is 3. The van der Waals surface area contributed by atoms with Crippen molar-refractivity contribution in [2.24, 2.45) is 0 Å². The van der Waals surface area contributed by atoms with Crippen molar-refractivity contribution in [1.82, 2.24) is 5.32 Å². The molecule has 8 heteroatoms. The summed E-state index contributed by atoms with van der Waals surface area (Å²) in [4.78, 5) is 34.9. The topological polar surface area (TPSA) is 93.7 Å². The minimum Gasteiger partial charge on any atom is -0.484 e. The van der Waals surface area contributed by atoms with Gasteiger partial charge in [0.1, 0.15) is 12.3 Å². The summed E-state index contributed by atoms with van der Waals surface area (Å²) in [6, 6.07) is 15.8. The highest BCUT2D eigenvalue weighted by molar-refractivity contribution is 9.10. The van der Waals surface area contributed by atoms with Crippen LogP contribution in [0.15, 0.2) is 59.1 Å². The Morgan fingerprint density at radius 1 is 0.885 bits per heavy atom. The van der Waals surface area contributed by atoms with Crippen molar-refractivity contribution in [3.05, 3.63) is 59.1 Å². The fourth-order valence-corrected chi connectivity index (χ4v) is 2.08. The van der Waals surface area contributed by atoms with Crippen molar-refractivity contribution >= 4 is 39.4 Å². The number of esters is 1. The van der Waals surface area contributed by atoms with Crippen LogP contribution in [0.25, 0.3) is 0 Å². The highest BCUT2D eigenvalue weighted by atomic mass is 79.9. The standard InChI is InChI=1S/C18H17BrN2O5/c19-13-6-8-14(9-7-13)21-17(23)12-26-18(24)10-20-16(22)11-25-15-4-2-1-3-5-15/h1-9H,10-12H2,(H,20,22)(H,21,23). The van der Waals surface area contributed by atoms with Gasteiger partial charge in [0.15, 0.2) is 13.2 Å². The van der Waals surface area contributed by atoms with Gasteiger partial charge < -0.3 is 20.1 Å². The van der Waals surface area contributed by atoms with E-state index in [0.717, 1.165) is 4.47 Å². The van der Waals surface area contributed by atoms with Gasteiger partial charge in [0, 0.05) is 10.2 Å². The zero-order valence-electron chi connectivity index (χ0n) is 13.7. The SMILES string of the molecule is O=C(COc1ccccc1)NCC(=O)OCC(=O)Nc1ccc(Br)cc1. The van der Waals surface area contributed by atoms with Crippen LogP contribution in [-0.2, 0) is 19.1 Å². The molecule has 7 nitrogen and oxygen atoms in total. The van der Waals surface area contributed by atoms with Crippen molar-refractivity contribution < 1.29 is 23.9 Å². The molecule has 0 bridgehead atoms. The number of carbonyl (C=O) groups excluding carboxylic acids is 3. The van der Waals surface area contributed by atoms with Crippen LogP contribution in [0.5, 0.6) is 5.75 Å². The molecule has 0 aliphatic heterocycles. The Balaban J connectivity index is 1.61. The second-order valence-corrected chi connectivity index (χ2v) is 6.01. The predicted molar refractivity (Wildman–Crippen MR) is 98.7 cm³/mol. The maximum Gasteiger partial charge on any atom is 0.325 e. The Morgan fingerprint density at radius 3 is 2.27 bits per heavy atom. The Hall–Kier alpha value is -2.87. The number of ether oxygens (including phenoxy) is 2. The van der Waals surface area contributed by atoms with E-state index in [2.05, 4.69) is 26.6 Å². The molecular formula is C18H17BrN2O5. The Kier molecular flexibility index (Phi) is 7.63. The van der Waals surface area contributed by atoms with Crippen LogP contribution >= 0.6 is 15.9 Å². The van der Waals surface area contributed by atoms with Crippen molar-refractivity contribution in [3.63, 3.8) is 0 Å². The first-order chi connectivity index (χ1) is 12.5. The lowest BCUT2D eigenvalue weighted by Gasteiger charge is -2.08. The molecule has 0 unspecified atom stereocenters. The molecule has 0 aliphatic carbocycles. The van der Waals surface area contributed by atoms with Gasteiger partial charge in [-0.2, -0.15) is 0 Å². The molecule has 2 aromatic rings. The molecule has 0 aliphatic rings. The molecule has 2 amide bonds. The number of amides is 2. The second-order valence-electron chi connectivity index (χ2n) is 5.09. The van der Waals surface area contributed by atoms with E-state index in [-0.39, 0.29) is 13.2 Å². The largest absolute Gasteiger partial charge is 0.484 e. The van der Waals surface area contributed by atoms with Crippen LogP contribution in [0.3, 0.4) is 0 Å². The highest BCUT2D eigenvalue weighted by Crippen LogP contribution is 2.13. The fourth-order valence-electron chi connectivity index (χ4n) is 1.81. The average Bonchev–Trinajstić information content (AvgIpc) is 2.65. The van der Waals surface area contributed by atoms with E-state index in [1.807, 2.05) is 6.07 Å². The lowest BCUT2D eigenvalue weighted by Crippen LogP contribution is -2.35. The zero-order chi connectivity index (χ0) is 18.8. The molecule has 0 heterocycles. The molecular weight excluding hydrogens is 404 g/mol. The quantitative estimate of drug-likeness (QED) is 0.637. The Bertz CT molecular complexity index is 750. The summed E-state index contributed by atoms with van der Waals surface area (Å²) in [5.41, 5.74) is 0.584. The number of halogens is 1. The molecule has 0 radical (unpaired) electrons. The summed E-state index contributed by atoms with van der Waals surface area (Å²) in [6.45, 7) is -1.00. The molecule has 0 aromatic heterocycles. The first-order valence-corrected chi connectivity index (χ1v) is 8.48. The van der Waals surface area contributed by atoms with Gasteiger partial charge in [0.2, 0.25) is 0 Å². The third kappa shape index (κ3) is 7.35. The van der Waals surface area contributed by atoms with Crippen LogP contribution in [0, 0.1) is 0 Å². The minimum atomic E-state index is -0.719. The van der Waals surface area contributed by atoms with Crippen LogP contribution < -0.4 is 15.4 Å². The van der Waals surface area contributed by atoms with E-state index < -0.39 is 24.4 Å². The zero-order valence-corrected chi connectivity index (χ0v) is 15.3. The monoisotopic (exact) mass is 420 g/mol. The number of hydrogen-bond acceptors (Lipinski definition) is 5. The number of rotatable bonds is 8. The van der Waals surface area contributed by atoms with E-state index in [1.165, 1.54) is 0 Å². The van der Waals surface area contributed by atoms with Crippen LogP contribution in [0.1, 0.15) is 0 Å². The molecule has 26 heavy (non-hydrogen) atoms. The van der Waals surface area contributed by atoms with E-state index in [0.29, 0.717) is 11.4 Å². The van der Waals surface area contributed by atoms with Crippen molar-refractivity contribution in [1.29, 1.82) is 0 Å². The third-order valence-corrected chi connectivity index (χ3v) is 3.56. The fraction of sp³-hybridized carbons (Fsp3) is 0.167. The van der Waals surface area contributed by atoms with Gasteiger partial charge in [0.25, 0.3) is 11.8 Å². The van der Waals surface area contributed by atoms with Gasteiger partial charge in [-0.1, -0.05) is 34.1 Å². The highest BCUT2D eigenvalue weighted by Gasteiger charge is 2.10. The maximum atomic E-state index is 11.7. The van der Waals surface area contributed by atoms with Gasteiger partial charge in [-0.15, -0.1) is 0 Å². The van der Waals surface area contributed by atoms with Gasteiger partial charge in [-0.05, 0) is 36.4 Å². The van der Waals surface area contributed by atoms with Crippen LogP contribution in [0.2, 0.25) is 0 Å². The summed E-state index contributed by atoms with van der Waals surface area (Å²) in [7, 11) is 0. The van der Waals surface area contributed by atoms with E-state index in [4.69, 9.17) is 9.47 Å². The summed E-state index contributed by atoms with van der Waals surface area (Å²) in [5, 5.41) is 4.94. The van der Waals surface area contributed by atoms with Crippen molar-refractivity contribution in [2.45, 2.75) is 0 Å². The van der Waals surface area contributed by atoms with Gasteiger partial charge in [-0.25, -0.2) is 0 Å². The van der Waals surface area contributed by atoms with E-state index >= 15 is 0 Å². The molecule has 0 atom stereocenters. The molecule has 2 rings (SSSR count). The normalized spacial score (nSPS) is 9.88. The number of anilines is 1. The lowest BCUT2D eigenvalue weighted by atomic mass is 10.3. The number of hydrogen-bond donors (Lipinski definition) is 2. The molecule has 0 spiro atoms. The maximum absolute atomic E-state index is 11.7. The minimum absolute atomic E-state index is 0.221. The first-order valence-electron chi connectivity index (χ1n) is 7.68. The van der Waals surface area contributed by atoms with Gasteiger partial charge >= 0.3 is 5.97 Å². The third-order valence-electron chi connectivity index (χ3n) is 3.04. The van der Waals surface area contributed by atoms with E-state index in [1.54, 1.807) is 48.5 Å². The number of benzene rings is 2. The summed E-state index contributed by atoms with van der Waals surface area (Å²) in [5.74, 6) is -1.11. The summed E-state index contributed by atoms with van der Waals surface area (Å²) in [6.07, 6.45) is 0. The molecule has 0 saturated heterocycles. The number of para-hydroxylation sites is 1. The van der Waals surface area contributed by atoms with E-state index in [9.17, 15) is 14.4 Å². The van der Waals surface area contributed by atoms with Gasteiger partial charge in [0.05, 0.1) is 0 Å². The average molecular weight is 421 g/mol. The lowest BCUT2D eigenvalue weighted by molar-refractivity contribution is -0.147.